The number of aromatic nitrogens is 2. The maximum absolute atomic E-state index is 11.5. The van der Waals surface area contributed by atoms with Gasteiger partial charge in [-0.15, -0.1) is 11.3 Å². The lowest BCUT2D eigenvalue weighted by Crippen LogP contribution is -2.07. The average Bonchev–Trinajstić information content (AvgIpc) is 2.78. The molecule has 0 unspecified atom stereocenters. The van der Waals surface area contributed by atoms with Crippen molar-refractivity contribution in [1.29, 1.82) is 0 Å². The molecule has 4 nitrogen and oxygen atoms in total. The molecule has 2 heterocycles. The van der Waals surface area contributed by atoms with Gasteiger partial charge in [-0.3, -0.25) is 4.98 Å². The van der Waals surface area contributed by atoms with Crippen molar-refractivity contribution in [2.45, 2.75) is 6.61 Å². The first-order valence-corrected chi connectivity index (χ1v) is 5.68. The summed E-state index contributed by atoms with van der Waals surface area (Å²) in [5.41, 5.74) is 0.115. The van der Waals surface area contributed by atoms with Crippen molar-refractivity contribution in [2.75, 3.05) is 0 Å². The van der Waals surface area contributed by atoms with Crippen molar-refractivity contribution in [3.05, 3.63) is 45.6 Å². The summed E-state index contributed by atoms with van der Waals surface area (Å²) in [7, 11) is 0. The molecule has 0 aliphatic heterocycles. The second kappa shape index (κ2) is 5.05. The molecule has 0 spiro atoms. The molecule has 0 N–H and O–H groups in total. The standard InChI is InChI=1S/C10H7ClN2O2S/c11-9-5-12-4-8(13-9)10(14)15-6-7-2-1-3-16-7/h1-5H,6H2. The van der Waals surface area contributed by atoms with E-state index >= 15 is 0 Å². The summed E-state index contributed by atoms with van der Waals surface area (Å²) in [6, 6.07) is 3.79. The van der Waals surface area contributed by atoms with Gasteiger partial charge in [-0.2, -0.15) is 0 Å². The van der Waals surface area contributed by atoms with Crippen LogP contribution in [-0.4, -0.2) is 15.9 Å². The molecule has 0 bridgehead atoms. The van der Waals surface area contributed by atoms with Crippen LogP contribution >= 0.6 is 22.9 Å². The molecule has 0 aliphatic carbocycles. The van der Waals surface area contributed by atoms with Crippen molar-refractivity contribution in [1.82, 2.24) is 9.97 Å². The van der Waals surface area contributed by atoms with Crippen LogP contribution in [0.3, 0.4) is 0 Å². The Morgan fingerprint density at radius 3 is 3.06 bits per heavy atom. The normalized spacial score (nSPS) is 10.1. The van der Waals surface area contributed by atoms with Crippen LogP contribution in [0.5, 0.6) is 0 Å². The number of halogens is 1. The van der Waals surface area contributed by atoms with E-state index in [1.54, 1.807) is 0 Å². The molecule has 0 amide bonds. The van der Waals surface area contributed by atoms with Gasteiger partial charge in [0.2, 0.25) is 0 Å². The van der Waals surface area contributed by atoms with Crippen molar-refractivity contribution >= 4 is 28.9 Å². The lowest BCUT2D eigenvalue weighted by atomic mass is 10.4. The second-order valence-electron chi connectivity index (χ2n) is 2.88. The minimum absolute atomic E-state index is 0.115. The lowest BCUT2D eigenvalue weighted by Gasteiger charge is -2.01. The van der Waals surface area contributed by atoms with Gasteiger partial charge in [0.15, 0.2) is 5.69 Å². The molecule has 2 aromatic heterocycles. The topological polar surface area (TPSA) is 52.1 Å². The Bertz CT molecular complexity index is 487. The summed E-state index contributed by atoms with van der Waals surface area (Å²) in [5, 5.41) is 2.09. The van der Waals surface area contributed by atoms with Gasteiger partial charge in [-0.05, 0) is 11.4 Å². The first kappa shape index (κ1) is 11.0. The number of hydrogen-bond acceptors (Lipinski definition) is 5. The predicted octanol–water partition coefficient (Wildman–Crippen LogP) is 2.55. The number of esters is 1. The Kier molecular flexibility index (Phi) is 3.48. The van der Waals surface area contributed by atoms with Gasteiger partial charge >= 0.3 is 5.97 Å². The van der Waals surface area contributed by atoms with E-state index in [1.165, 1.54) is 23.7 Å². The van der Waals surface area contributed by atoms with Crippen molar-refractivity contribution < 1.29 is 9.53 Å². The highest BCUT2D eigenvalue weighted by atomic mass is 35.5. The predicted molar refractivity (Wildman–Crippen MR) is 60.5 cm³/mol. The van der Waals surface area contributed by atoms with Gasteiger partial charge in [-0.25, -0.2) is 9.78 Å². The summed E-state index contributed by atoms with van der Waals surface area (Å²) in [6.45, 7) is 0.241. The molecule has 0 radical (unpaired) electrons. The summed E-state index contributed by atoms with van der Waals surface area (Å²) >= 11 is 7.13. The number of rotatable bonds is 3. The molecule has 16 heavy (non-hydrogen) atoms. The van der Waals surface area contributed by atoms with Crippen molar-refractivity contribution in [3.63, 3.8) is 0 Å². The van der Waals surface area contributed by atoms with E-state index < -0.39 is 5.97 Å². The fourth-order valence-corrected chi connectivity index (χ4v) is 1.81. The Morgan fingerprint density at radius 1 is 1.50 bits per heavy atom. The molecule has 82 valence electrons. The molecule has 0 saturated carbocycles. The van der Waals surface area contributed by atoms with E-state index in [1.807, 2.05) is 17.5 Å². The summed E-state index contributed by atoms with van der Waals surface area (Å²) < 4.78 is 5.04. The van der Waals surface area contributed by atoms with E-state index in [0.717, 1.165) is 4.88 Å². The highest BCUT2D eigenvalue weighted by molar-refractivity contribution is 7.09. The van der Waals surface area contributed by atoms with Crippen LogP contribution in [0, 0.1) is 0 Å². The van der Waals surface area contributed by atoms with Crippen LogP contribution in [-0.2, 0) is 11.3 Å². The SMILES string of the molecule is O=C(OCc1cccs1)c1cncc(Cl)n1. The molecular formula is C10H7ClN2O2S. The van der Waals surface area contributed by atoms with Crippen molar-refractivity contribution in [3.8, 4) is 0 Å². The van der Waals surface area contributed by atoms with E-state index in [9.17, 15) is 4.79 Å². The largest absolute Gasteiger partial charge is 0.455 e. The van der Waals surface area contributed by atoms with Crippen LogP contribution in [0.4, 0.5) is 0 Å². The minimum Gasteiger partial charge on any atom is -0.455 e. The van der Waals surface area contributed by atoms with Crippen LogP contribution in [0.2, 0.25) is 5.15 Å². The number of nitrogens with zero attached hydrogens (tertiary/aromatic N) is 2. The Morgan fingerprint density at radius 2 is 2.38 bits per heavy atom. The van der Waals surface area contributed by atoms with Gasteiger partial charge in [0.25, 0.3) is 0 Å². The molecule has 0 aromatic carbocycles. The first-order valence-electron chi connectivity index (χ1n) is 4.43. The summed E-state index contributed by atoms with van der Waals surface area (Å²) in [4.78, 5) is 20.1. The van der Waals surface area contributed by atoms with Gasteiger partial charge in [0.1, 0.15) is 11.8 Å². The number of hydrogen-bond donors (Lipinski definition) is 0. The Hall–Kier alpha value is -1.46. The molecule has 0 aliphatic rings. The number of carbonyl (C=O) groups excluding carboxylic acids is 1. The molecular weight excluding hydrogens is 248 g/mol. The fourth-order valence-electron chi connectivity index (χ4n) is 1.05. The van der Waals surface area contributed by atoms with Gasteiger partial charge in [0.05, 0.1) is 12.4 Å². The maximum Gasteiger partial charge on any atom is 0.358 e. The molecule has 6 heteroatoms. The summed E-state index contributed by atoms with van der Waals surface area (Å²) in [6.07, 6.45) is 2.68. The van der Waals surface area contributed by atoms with Crippen molar-refractivity contribution in [2.24, 2.45) is 0 Å². The van der Waals surface area contributed by atoms with E-state index in [4.69, 9.17) is 16.3 Å². The molecule has 0 atom stereocenters. The highest BCUT2D eigenvalue weighted by Gasteiger charge is 2.10. The second-order valence-corrected chi connectivity index (χ2v) is 4.30. The van der Waals surface area contributed by atoms with Crippen LogP contribution in [0.25, 0.3) is 0 Å². The average molecular weight is 255 g/mol. The van der Waals surface area contributed by atoms with E-state index in [0.29, 0.717) is 0 Å². The number of thiophene rings is 1. The smallest absolute Gasteiger partial charge is 0.358 e. The van der Waals surface area contributed by atoms with E-state index in [2.05, 4.69) is 9.97 Å². The minimum atomic E-state index is -0.525. The monoisotopic (exact) mass is 254 g/mol. The Labute approximate surface area is 101 Å². The maximum atomic E-state index is 11.5. The molecule has 2 aromatic rings. The van der Waals surface area contributed by atoms with Gasteiger partial charge in [-0.1, -0.05) is 17.7 Å². The first-order chi connectivity index (χ1) is 7.75. The molecule has 0 saturated heterocycles. The third-order valence-electron chi connectivity index (χ3n) is 1.74. The van der Waals surface area contributed by atoms with Crippen LogP contribution in [0.15, 0.2) is 29.9 Å². The molecule has 0 fully saturated rings. The van der Waals surface area contributed by atoms with Crippen LogP contribution in [0.1, 0.15) is 15.4 Å². The highest BCUT2D eigenvalue weighted by Crippen LogP contribution is 2.11. The van der Waals surface area contributed by atoms with Gasteiger partial charge in [0, 0.05) is 4.88 Å². The number of carbonyl (C=O) groups is 1. The zero-order valence-electron chi connectivity index (χ0n) is 8.09. The zero-order valence-corrected chi connectivity index (χ0v) is 9.66. The Balaban J connectivity index is 1.98. The van der Waals surface area contributed by atoms with Crippen LogP contribution < -0.4 is 0 Å². The third kappa shape index (κ3) is 2.77. The summed E-state index contributed by atoms with van der Waals surface area (Å²) in [5.74, 6) is -0.525. The zero-order chi connectivity index (χ0) is 11.4. The van der Waals surface area contributed by atoms with Gasteiger partial charge < -0.3 is 4.74 Å². The third-order valence-corrected chi connectivity index (χ3v) is 2.77. The van der Waals surface area contributed by atoms with E-state index in [-0.39, 0.29) is 17.5 Å². The number of ether oxygens (including phenoxy) is 1. The quantitative estimate of drug-likeness (QED) is 0.790. The lowest BCUT2D eigenvalue weighted by molar-refractivity contribution is 0.0469. The fraction of sp³-hybridized carbons (Fsp3) is 0.100. The molecule has 2 rings (SSSR count).